The number of hydrogen-bond acceptors (Lipinski definition) is 4. The number of nitrogens with one attached hydrogen (secondary N) is 2. The Morgan fingerprint density at radius 2 is 1.70 bits per heavy atom. The third-order valence-electron chi connectivity index (χ3n) is 5.20. The molecule has 3 amide bonds. The highest BCUT2D eigenvalue weighted by atomic mass is 16.6. The molecular weight excluding hydrogens is 344 g/mol. The van der Waals surface area contributed by atoms with Crippen molar-refractivity contribution in [1.82, 2.24) is 10.2 Å². The lowest BCUT2D eigenvalue weighted by Gasteiger charge is -2.31. The van der Waals surface area contributed by atoms with Crippen LogP contribution in [-0.4, -0.2) is 55.9 Å². The van der Waals surface area contributed by atoms with Gasteiger partial charge in [0.25, 0.3) is 0 Å². The number of ether oxygens (including phenoxy) is 1. The van der Waals surface area contributed by atoms with Crippen LogP contribution in [0.1, 0.15) is 39.0 Å². The Morgan fingerprint density at radius 3 is 2.33 bits per heavy atom. The fourth-order valence-corrected chi connectivity index (χ4v) is 3.68. The molecule has 1 aromatic carbocycles. The first-order valence-electron chi connectivity index (χ1n) is 10.00. The van der Waals surface area contributed by atoms with Crippen LogP contribution in [0.15, 0.2) is 24.3 Å². The Labute approximate surface area is 161 Å². The molecule has 0 unspecified atom stereocenters. The zero-order valence-corrected chi connectivity index (χ0v) is 16.1. The maximum Gasteiger partial charge on any atom is 0.409 e. The number of carbonyl (C=O) groups is 2. The SMILES string of the molecule is CCOC(=O)N1CCC(NC(=O)Nc2ccc(N3CCCCC3)cc2)CC1. The Hall–Kier alpha value is -2.44. The summed E-state index contributed by atoms with van der Waals surface area (Å²) in [6.45, 7) is 5.61. The Balaban J connectivity index is 1.42. The molecule has 7 heteroatoms. The maximum atomic E-state index is 12.2. The smallest absolute Gasteiger partial charge is 0.409 e. The highest BCUT2D eigenvalue weighted by molar-refractivity contribution is 5.89. The number of likely N-dealkylation sites (tertiary alicyclic amines) is 1. The van der Waals surface area contributed by atoms with Crippen LogP contribution in [0.3, 0.4) is 0 Å². The van der Waals surface area contributed by atoms with Crippen molar-refractivity contribution in [3.05, 3.63) is 24.3 Å². The van der Waals surface area contributed by atoms with E-state index in [0.29, 0.717) is 19.7 Å². The van der Waals surface area contributed by atoms with Gasteiger partial charge < -0.3 is 25.2 Å². The van der Waals surface area contributed by atoms with Gasteiger partial charge in [0.15, 0.2) is 0 Å². The molecule has 0 saturated carbocycles. The molecule has 0 radical (unpaired) electrons. The van der Waals surface area contributed by atoms with Crippen LogP contribution in [0.25, 0.3) is 0 Å². The molecule has 1 aromatic rings. The number of rotatable bonds is 4. The minimum atomic E-state index is -0.269. The van der Waals surface area contributed by atoms with E-state index in [9.17, 15) is 9.59 Å². The Kier molecular flexibility index (Phi) is 6.79. The third-order valence-corrected chi connectivity index (χ3v) is 5.20. The zero-order valence-electron chi connectivity index (χ0n) is 16.1. The topological polar surface area (TPSA) is 73.9 Å². The van der Waals surface area contributed by atoms with Gasteiger partial charge in [0.05, 0.1) is 6.61 Å². The Bertz CT molecular complexity index is 621. The highest BCUT2D eigenvalue weighted by Gasteiger charge is 2.24. The van der Waals surface area contributed by atoms with Gasteiger partial charge in [-0.2, -0.15) is 0 Å². The van der Waals surface area contributed by atoms with E-state index in [2.05, 4.69) is 27.7 Å². The standard InChI is InChI=1S/C20H30N4O3/c1-2-27-20(26)24-14-10-17(11-15-24)22-19(25)21-16-6-8-18(9-7-16)23-12-4-3-5-13-23/h6-9,17H,2-5,10-15H2,1H3,(H2,21,22,25). The summed E-state index contributed by atoms with van der Waals surface area (Å²) in [5.41, 5.74) is 2.00. The largest absolute Gasteiger partial charge is 0.450 e. The first-order valence-corrected chi connectivity index (χ1v) is 10.00. The monoisotopic (exact) mass is 374 g/mol. The molecule has 2 aliphatic rings. The quantitative estimate of drug-likeness (QED) is 0.847. The lowest BCUT2D eigenvalue weighted by molar-refractivity contribution is 0.0959. The molecule has 0 spiro atoms. The molecule has 2 saturated heterocycles. The van der Waals surface area contributed by atoms with Crippen LogP contribution < -0.4 is 15.5 Å². The molecule has 27 heavy (non-hydrogen) atoms. The van der Waals surface area contributed by atoms with Crippen LogP contribution >= 0.6 is 0 Å². The van der Waals surface area contributed by atoms with Crippen molar-refractivity contribution in [3.8, 4) is 0 Å². The summed E-state index contributed by atoms with van der Waals surface area (Å²) in [5, 5.41) is 5.90. The summed E-state index contributed by atoms with van der Waals surface area (Å²) in [6, 6.07) is 7.91. The number of hydrogen-bond donors (Lipinski definition) is 2. The van der Waals surface area contributed by atoms with E-state index >= 15 is 0 Å². The van der Waals surface area contributed by atoms with E-state index in [-0.39, 0.29) is 18.2 Å². The molecule has 2 heterocycles. The highest BCUT2D eigenvalue weighted by Crippen LogP contribution is 2.22. The van der Waals surface area contributed by atoms with Crippen LogP contribution in [0, 0.1) is 0 Å². The van der Waals surface area contributed by atoms with Gasteiger partial charge in [-0.15, -0.1) is 0 Å². The molecule has 3 rings (SSSR count). The van der Waals surface area contributed by atoms with Gasteiger partial charge in [-0.25, -0.2) is 9.59 Å². The zero-order chi connectivity index (χ0) is 19.1. The van der Waals surface area contributed by atoms with Gasteiger partial charge in [-0.1, -0.05) is 0 Å². The van der Waals surface area contributed by atoms with E-state index in [1.54, 1.807) is 11.8 Å². The van der Waals surface area contributed by atoms with E-state index < -0.39 is 0 Å². The minimum Gasteiger partial charge on any atom is -0.450 e. The maximum absolute atomic E-state index is 12.2. The molecule has 2 aliphatic heterocycles. The summed E-state index contributed by atoms with van der Waals surface area (Å²) in [4.78, 5) is 28.0. The minimum absolute atomic E-state index is 0.0725. The molecule has 2 fully saturated rings. The fraction of sp³-hybridized carbons (Fsp3) is 0.600. The van der Waals surface area contributed by atoms with Crippen LogP contribution in [0.5, 0.6) is 0 Å². The van der Waals surface area contributed by atoms with Gasteiger partial charge in [0.1, 0.15) is 0 Å². The summed E-state index contributed by atoms with van der Waals surface area (Å²) in [5.74, 6) is 0. The van der Waals surface area contributed by atoms with Gasteiger partial charge in [-0.3, -0.25) is 0 Å². The second kappa shape index (κ2) is 9.48. The van der Waals surface area contributed by atoms with Crippen molar-refractivity contribution in [3.63, 3.8) is 0 Å². The predicted octanol–water partition coefficient (Wildman–Crippen LogP) is 3.42. The average Bonchev–Trinajstić information content (AvgIpc) is 2.70. The third kappa shape index (κ3) is 5.52. The molecule has 7 nitrogen and oxygen atoms in total. The van der Waals surface area contributed by atoms with Crippen molar-refractivity contribution in [2.45, 2.75) is 45.1 Å². The molecular formula is C20H30N4O3. The second-order valence-corrected chi connectivity index (χ2v) is 7.15. The summed E-state index contributed by atoms with van der Waals surface area (Å²) in [7, 11) is 0. The van der Waals surface area contributed by atoms with E-state index in [4.69, 9.17) is 4.74 Å². The van der Waals surface area contributed by atoms with Crippen LogP contribution in [-0.2, 0) is 4.74 Å². The second-order valence-electron chi connectivity index (χ2n) is 7.15. The number of piperidine rings is 2. The van der Waals surface area contributed by atoms with Crippen molar-refractivity contribution in [2.24, 2.45) is 0 Å². The molecule has 0 aliphatic carbocycles. The summed E-state index contributed by atoms with van der Waals surface area (Å²) in [6.07, 6.45) is 5.01. The number of anilines is 2. The van der Waals surface area contributed by atoms with E-state index in [0.717, 1.165) is 31.6 Å². The summed E-state index contributed by atoms with van der Waals surface area (Å²) < 4.78 is 5.01. The van der Waals surface area contributed by atoms with Crippen LogP contribution in [0.4, 0.5) is 21.0 Å². The van der Waals surface area contributed by atoms with Crippen molar-refractivity contribution in [1.29, 1.82) is 0 Å². The first kappa shape index (κ1) is 19.3. The number of benzene rings is 1. The Morgan fingerprint density at radius 1 is 1.04 bits per heavy atom. The van der Waals surface area contributed by atoms with Crippen molar-refractivity contribution in [2.75, 3.05) is 43.0 Å². The molecule has 0 aromatic heterocycles. The number of carbonyl (C=O) groups excluding carboxylic acids is 2. The van der Waals surface area contributed by atoms with Gasteiger partial charge in [0, 0.05) is 43.6 Å². The van der Waals surface area contributed by atoms with Gasteiger partial charge >= 0.3 is 12.1 Å². The average molecular weight is 374 g/mol. The normalized spacial score (nSPS) is 18.1. The number of amides is 3. The lowest BCUT2D eigenvalue weighted by Crippen LogP contribution is -2.47. The fourth-order valence-electron chi connectivity index (χ4n) is 3.68. The van der Waals surface area contributed by atoms with Gasteiger partial charge in [0.2, 0.25) is 0 Å². The number of nitrogens with zero attached hydrogens (tertiary/aromatic N) is 2. The van der Waals surface area contributed by atoms with Crippen molar-refractivity contribution >= 4 is 23.5 Å². The van der Waals surface area contributed by atoms with Gasteiger partial charge in [-0.05, 0) is 63.3 Å². The molecule has 148 valence electrons. The first-order chi connectivity index (χ1) is 13.2. The molecule has 0 bridgehead atoms. The van der Waals surface area contributed by atoms with Crippen molar-refractivity contribution < 1.29 is 14.3 Å². The molecule has 2 N–H and O–H groups in total. The van der Waals surface area contributed by atoms with E-state index in [1.807, 2.05) is 12.1 Å². The predicted molar refractivity (Wildman–Crippen MR) is 106 cm³/mol. The molecule has 0 atom stereocenters. The summed E-state index contributed by atoms with van der Waals surface area (Å²) >= 11 is 0. The van der Waals surface area contributed by atoms with Crippen LogP contribution in [0.2, 0.25) is 0 Å². The number of urea groups is 1. The van der Waals surface area contributed by atoms with E-state index in [1.165, 1.54) is 24.9 Å². The lowest BCUT2D eigenvalue weighted by atomic mass is 10.1.